The zero-order valence-electron chi connectivity index (χ0n) is 9.12. The molecule has 0 spiro atoms. The molecule has 3 nitrogen and oxygen atoms in total. The van der Waals surface area contributed by atoms with Gasteiger partial charge in [0.15, 0.2) is 0 Å². The summed E-state index contributed by atoms with van der Waals surface area (Å²) in [6, 6.07) is 0. The van der Waals surface area contributed by atoms with Crippen molar-refractivity contribution in [2.75, 3.05) is 19.6 Å². The van der Waals surface area contributed by atoms with Gasteiger partial charge in [0.2, 0.25) is 5.91 Å². The number of hydrogen-bond acceptors (Lipinski definition) is 2. The van der Waals surface area contributed by atoms with Crippen LogP contribution in [-0.2, 0) is 4.79 Å². The van der Waals surface area contributed by atoms with Gasteiger partial charge < -0.3 is 5.73 Å². The Labute approximate surface area is 86.3 Å². The number of amides is 1. The van der Waals surface area contributed by atoms with Crippen LogP contribution in [0.2, 0.25) is 0 Å². The summed E-state index contributed by atoms with van der Waals surface area (Å²) in [6.45, 7) is 13.1. The largest absolute Gasteiger partial charge is 0.369 e. The summed E-state index contributed by atoms with van der Waals surface area (Å²) in [4.78, 5) is 13.2. The van der Waals surface area contributed by atoms with E-state index < -0.39 is 5.41 Å². The Hall–Kier alpha value is -1.09. The Morgan fingerprint density at radius 2 is 1.79 bits per heavy atom. The molecule has 0 radical (unpaired) electrons. The topological polar surface area (TPSA) is 46.3 Å². The first kappa shape index (κ1) is 12.9. The predicted molar refractivity (Wildman–Crippen MR) is 59.8 cm³/mol. The van der Waals surface area contributed by atoms with Crippen LogP contribution in [0.15, 0.2) is 25.3 Å². The Morgan fingerprint density at radius 3 is 2.07 bits per heavy atom. The number of nitrogens with two attached hydrogens (primary N) is 1. The molecule has 0 heterocycles. The molecule has 0 bridgehead atoms. The van der Waals surface area contributed by atoms with Gasteiger partial charge in [-0.15, -0.1) is 13.2 Å². The van der Waals surface area contributed by atoms with Gasteiger partial charge in [-0.25, -0.2) is 0 Å². The van der Waals surface area contributed by atoms with Gasteiger partial charge in [-0.1, -0.05) is 12.2 Å². The summed E-state index contributed by atoms with van der Waals surface area (Å²) >= 11 is 0. The molecule has 0 aliphatic heterocycles. The zero-order chi connectivity index (χ0) is 11.2. The van der Waals surface area contributed by atoms with Crippen molar-refractivity contribution in [2.24, 2.45) is 11.1 Å². The number of primary amides is 1. The fraction of sp³-hybridized carbons (Fsp3) is 0.545. The Balaban J connectivity index is 4.33. The lowest BCUT2D eigenvalue weighted by Gasteiger charge is -2.28. The molecule has 0 saturated heterocycles. The van der Waals surface area contributed by atoms with Crippen molar-refractivity contribution in [1.82, 2.24) is 4.90 Å². The van der Waals surface area contributed by atoms with E-state index in [-0.39, 0.29) is 5.91 Å². The van der Waals surface area contributed by atoms with E-state index >= 15 is 0 Å². The van der Waals surface area contributed by atoms with Gasteiger partial charge in [0.05, 0.1) is 5.41 Å². The molecule has 14 heavy (non-hydrogen) atoms. The first-order valence-corrected chi connectivity index (χ1v) is 4.68. The van der Waals surface area contributed by atoms with Gasteiger partial charge in [-0.3, -0.25) is 9.69 Å². The number of carbonyl (C=O) groups is 1. The van der Waals surface area contributed by atoms with E-state index in [1.807, 2.05) is 13.8 Å². The normalized spacial score (nSPS) is 11.4. The van der Waals surface area contributed by atoms with Gasteiger partial charge in [0, 0.05) is 19.6 Å². The van der Waals surface area contributed by atoms with Crippen LogP contribution in [0.4, 0.5) is 0 Å². The third kappa shape index (κ3) is 4.23. The van der Waals surface area contributed by atoms with Crippen molar-refractivity contribution in [3.63, 3.8) is 0 Å². The zero-order valence-corrected chi connectivity index (χ0v) is 9.12. The maximum absolute atomic E-state index is 11.1. The molecule has 0 aliphatic rings. The van der Waals surface area contributed by atoms with Gasteiger partial charge >= 0.3 is 0 Å². The standard InChI is InChI=1S/C11H20N2O/c1-5-7-13(8-6-2)9-11(3,4)10(12)14/h5-6H,1-2,7-9H2,3-4H3,(H2,12,14). The van der Waals surface area contributed by atoms with Crippen molar-refractivity contribution in [1.29, 1.82) is 0 Å². The van der Waals surface area contributed by atoms with E-state index in [9.17, 15) is 4.79 Å². The lowest BCUT2D eigenvalue weighted by Crippen LogP contribution is -2.42. The second-order valence-electron chi connectivity index (χ2n) is 4.02. The fourth-order valence-corrected chi connectivity index (χ4v) is 1.21. The average Bonchev–Trinajstić information content (AvgIpc) is 2.04. The van der Waals surface area contributed by atoms with Crippen molar-refractivity contribution < 1.29 is 4.79 Å². The molecule has 0 fully saturated rings. The first-order valence-electron chi connectivity index (χ1n) is 4.68. The van der Waals surface area contributed by atoms with E-state index in [1.54, 1.807) is 12.2 Å². The van der Waals surface area contributed by atoms with Crippen LogP contribution in [0.1, 0.15) is 13.8 Å². The molecular formula is C11H20N2O. The molecule has 80 valence electrons. The van der Waals surface area contributed by atoms with Crippen molar-refractivity contribution in [2.45, 2.75) is 13.8 Å². The summed E-state index contributed by atoms with van der Waals surface area (Å²) in [5.41, 5.74) is 4.79. The molecule has 0 aromatic carbocycles. The number of rotatable bonds is 7. The third-order valence-corrected chi connectivity index (χ3v) is 2.06. The average molecular weight is 196 g/mol. The summed E-state index contributed by atoms with van der Waals surface area (Å²) in [6.07, 6.45) is 3.61. The van der Waals surface area contributed by atoms with Gasteiger partial charge in [0.1, 0.15) is 0 Å². The van der Waals surface area contributed by atoms with E-state index in [2.05, 4.69) is 18.1 Å². The lowest BCUT2D eigenvalue weighted by atomic mass is 9.92. The Morgan fingerprint density at radius 1 is 1.36 bits per heavy atom. The van der Waals surface area contributed by atoms with Gasteiger partial charge in [0.25, 0.3) is 0 Å². The van der Waals surface area contributed by atoms with Crippen molar-refractivity contribution in [3.8, 4) is 0 Å². The van der Waals surface area contributed by atoms with E-state index in [1.165, 1.54) is 0 Å². The Bertz CT molecular complexity index is 211. The summed E-state index contributed by atoms with van der Waals surface area (Å²) in [7, 11) is 0. The molecule has 0 aromatic rings. The maximum Gasteiger partial charge on any atom is 0.224 e. The molecular weight excluding hydrogens is 176 g/mol. The van der Waals surface area contributed by atoms with Gasteiger partial charge in [-0.05, 0) is 13.8 Å². The summed E-state index contributed by atoms with van der Waals surface area (Å²) in [5, 5.41) is 0. The smallest absolute Gasteiger partial charge is 0.224 e. The quantitative estimate of drug-likeness (QED) is 0.621. The van der Waals surface area contributed by atoms with Crippen molar-refractivity contribution in [3.05, 3.63) is 25.3 Å². The molecule has 0 rings (SSSR count). The third-order valence-electron chi connectivity index (χ3n) is 2.06. The van der Waals surface area contributed by atoms with Crippen LogP contribution >= 0.6 is 0 Å². The van der Waals surface area contributed by atoms with Crippen LogP contribution in [0.25, 0.3) is 0 Å². The minimum atomic E-state index is -0.508. The molecule has 0 unspecified atom stereocenters. The number of carbonyl (C=O) groups excluding carboxylic acids is 1. The molecule has 0 aromatic heterocycles. The molecule has 2 N–H and O–H groups in total. The predicted octanol–water partition coefficient (Wildman–Crippen LogP) is 1.17. The fourth-order valence-electron chi connectivity index (χ4n) is 1.21. The number of nitrogens with zero attached hydrogens (tertiary/aromatic N) is 1. The lowest BCUT2D eigenvalue weighted by molar-refractivity contribution is -0.126. The van der Waals surface area contributed by atoms with Gasteiger partial charge in [-0.2, -0.15) is 0 Å². The highest BCUT2D eigenvalue weighted by molar-refractivity contribution is 5.80. The Kier molecular flexibility index (Phi) is 5.16. The van der Waals surface area contributed by atoms with E-state index in [4.69, 9.17) is 5.73 Å². The highest BCUT2D eigenvalue weighted by Crippen LogP contribution is 2.15. The molecule has 0 aliphatic carbocycles. The molecule has 0 saturated carbocycles. The summed E-state index contributed by atoms with van der Waals surface area (Å²) < 4.78 is 0. The molecule has 1 amide bonds. The second kappa shape index (κ2) is 5.60. The van der Waals surface area contributed by atoms with Crippen LogP contribution in [0.3, 0.4) is 0 Å². The highest BCUT2D eigenvalue weighted by Gasteiger charge is 2.26. The molecule has 3 heteroatoms. The monoisotopic (exact) mass is 196 g/mol. The first-order chi connectivity index (χ1) is 6.44. The second-order valence-corrected chi connectivity index (χ2v) is 4.02. The van der Waals surface area contributed by atoms with Crippen LogP contribution in [-0.4, -0.2) is 30.4 Å². The maximum atomic E-state index is 11.1. The highest BCUT2D eigenvalue weighted by atomic mass is 16.1. The van der Waals surface area contributed by atoms with E-state index in [0.717, 1.165) is 13.1 Å². The van der Waals surface area contributed by atoms with Crippen LogP contribution in [0.5, 0.6) is 0 Å². The molecule has 0 atom stereocenters. The minimum absolute atomic E-state index is 0.282. The minimum Gasteiger partial charge on any atom is -0.369 e. The number of hydrogen-bond donors (Lipinski definition) is 1. The van der Waals surface area contributed by atoms with E-state index in [0.29, 0.717) is 6.54 Å². The summed E-state index contributed by atoms with van der Waals surface area (Å²) in [5.74, 6) is -0.282. The van der Waals surface area contributed by atoms with Crippen LogP contribution in [0, 0.1) is 5.41 Å². The van der Waals surface area contributed by atoms with Crippen molar-refractivity contribution >= 4 is 5.91 Å². The SMILES string of the molecule is C=CCN(CC=C)CC(C)(C)C(N)=O. The van der Waals surface area contributed by atoms with Crippen LogP contribution < -0.4 is 5.73 Å².